The minimum atomic E-state index is -1.35. The molecular weight excluding hydrogens is 455 g/mol. The van der Waals surface area contributed by atoms with Gasteiger partial charge in [-0.2, -0.15) is 0 Å². The number of esters is 1. The first kappa shape index (κ1) is 23.6. The lowest BCUT2D eigenvalue weighted by Gasteiger charge is -2.40. The van der Waals surface area contributed by atoms with Crippen molar-refractivity contribution < 1.29 is 42.7 Å². The SMILES string of the molecule is C=CCO[C@H]1O[C@H](COC(=O)C(Cl)Cl)[C@@H](OCc2ccc(OC)cc2)[C@@H]2OC(=O)O[C@H]12. The molecule has 3 rings (SSSR count). The van der Waals surface area contributed by atoms with E-state index >= 15 is 0 Å². The van der Waals surface area contributed by atoms with Gasteiger partial charge < -0.3 is 33.2 Å². The lowest BCUT2D eigenvalue weighted by Crippen LogP contribution is -2.59. The van der Waals surface area contributed by atoms with Gasteiger partial charge in [0, 0.05) is 0 Å². The molecule has 0 bridgehead atoms. The van der Waals surface area contributed by atoms with E-state index in [1.165, 1.54) is 6.08 Å². The molecule has 0 aromatic heterocycles. The Kier molecular flexibility index (Phi) is 8.39. The summed E-state index contributed by atoms with van der Waals surface area (Å²) in [4.78, 5) is 22.2. The van der Waals surface area contributed by atoms with Crippen molar-refractivity contribution in [2.24, 2.45) is 0 Å². The van der Waals surface area contributed by atoms with Crippen LogP contribution in [0.5, 0.6) is 5.75 Å². The van der Waals surface area contributed by atoms with Crippen LogP contribution in [0.4, 0.5) is 4.79 Å². The Balaban J connectivity index is 1.75. The summed E-state index contributed by atoms with van der Waals surface area (Å²) in [6.45, 7) is 3.63. The Hall–Kier alpha value is -2.04. The fraction of sp³-hybridized carbons (Fsp3) is 0.500. The average Bonchev–Trinajstić information content (AvgIpc) is 3.16. The number of ether oxygens (including phenoxy) is 7. The van der Waals surface area contributed by atoms with Gasteiger partial charge in [-0.1, -0.05) is 41.4 Å². The van der Waals surface area contributed by atoms with Crippen molar-refractivity contribution in [2.45, 2.75) is 42.1 Å². The minimum absolute atomic E-state index is 0.140. The smallest absolute Gasteiger partial charge is 0.497 e. The van der Waals surface area contributed by atoms with Gasteiger partial charge in [0.1, 0.15) is 24.6 Å². The molecular formula is C20H22Cl2O9. The summed E-state index contributed by atoms with van der Waals surface area (Å²) in [7, 11) is 1.57. The maximum atomic E-state index is 11.8. The highest BCUT2D eigenvalue weighted by Crippen LogP contribution is 2.34. The zero-order valence-corrected chi connectivity index (χ0v) is 18.1. The van der Waals surface area contributed by atoms with Crippen molar-refractivity contribution in [1.82, 2.24) is 0 Å². The molecule has 170 valence electrons. The molecule has 2 heterocycles. The lowest BCUT2D eigenvalue weighted by molar-refractivity contribution is -0.285. The van der Waals surface area contributed by atoms with E-state index in [9.17, 15) is 9.59 Å². The number of carbonyl (C=O) groups excluding carboxylic acids is 2. The number of hydrogen-bond donors (Lipinski definition) is 0. The number of benzene rings is 1. The molecule has 0 N–H and O–H groups in total. The van der Waals surface area contributed by atoms with Gasteiger partial charge in [-0.3, -0.25) is 0 Å². The number of rotatable bonds is 10. The molecule has 31 heavy (non-hydrogen) atoms. The van der Waals surface area contributed by atoms with Crippen LogP contribution in [-0.4, -0.2) is 68.0 Å². The largest absolute Gasteiger partial charge is 0.509 e. The molecule has 0 radical (unpaired) electrons. The summed E-state index contributed by atoms with van der Waals surface area (Å²) in [5, 5.41) is 0. The molecule has 0 aliphatic carbocycles. The van der Waals surface area contributed by atoms with E-state index in [0.29, 0.717) is 5.75 Å². The molecule has 9 nitrogen and oxygen atoms in total. The van der Waals surface area contributed by atoms with E-state index < -0.39 is 47.7 Å². The molecule has 0 spiro atoms. The second kappa shape index (κ2) is 11.0. The number of methoxy groups -OCH3 is 1. The van der Waals surface area contributed by atoms with Gasteiger partial charge in [-0.15, -0.1) is 6.58 Å². The Morgan fingerprint density at radius 1 is 1.19 bits per heavy atom. The minimum Gasteiger partial charge on any atom is -0.497 e. The highest BCUT2D eigenvalue weighted by Gasteiger charge is 2.55. The first-order valence-corrected chi connectivity index (χ1v) is 10.2. The highest BCUT2D eigenvalue weighted by molar-refractivity contribution is 6.52. The van der Waals surface area contributed by atoms with Gasteiger partial charge in [0.2, 0.25) is 4.84 Å². The third-order valence-corrected chi connectivity index (χ3v) is 4.96. The highest BCUT2D eigenvalue weighted by atomic mass is 35.5. The predicted octanol–water partition coefficient (Wildman–Crippen LogP) is 2.76. The van der Waals surface area contributed by atoms with Crippen LogP contribution in [0.3, 0.4) is 0 Å². The monoisotopic (exact) mass is 476 g/mol. The summed E-state index contributed by atoms with van der Waals surface area (Å²) in [5.74, 6) is -0.141. The lowest BCUT2D eigenvalue weighted by atomic mass is 9.99. The Morgan fingerprint density at radius 3 is 2.55 bits per heavy atom. The molecule has 2 aliphatic rings. The molecule has 11 heteroatoms. The fourth-order valence-electron chi connectivity index (χ4n) is 3.16. The van der Waals surface area contributed by atoms with Gasteiger partial charge >= 0.3 is 12.1 Å². The normalized spacial score (nSPS) is 27.2. The van der Waals surface area contributed by atoms with E-state index in [-0.39, 0.29) is 19.8 Å². The van der Waals surface area contributed by atoms with Crippen molar-refractivity contribution in [3.63, 3.8) is 0 Å². The molecule has 0 amide bonds. The molecule has 1 aromatic carbocycles. The zero-order valence-electron chi connectivity index (χ0n) is 16.6. The van der Waals surface area contributed by atoms with Gasteiger partial charge in [0.25, 0.3) is 0 Å². The van der Waals surface area contributed by atoms with Gasteiger partial charge in [0.15, 0.2) is 18.5 Å². The van der Waals surface area contributed by atoms with E-state index in [1.54, 1.807) is 19.2 Å². The maximum Gasteiger partial charge on any atom is 0.509 e. The quantitative estimate of drug-likeness (QED) is 0.286. The summed E-state index contributed by atoms with van der Waals surface area (Å²) in [6.07, 6.45) is -3.71. The van der Waals surface area contributed by atoms with Crippen LogP contribution in [0.25, 0.3) is 0 Å². The summed E-state index contributed by atoms with van der Waals surface area (Å²) < 4.78 is 38.2. The fourth-order valence-corrected chi connectivity index (χ4v) is 3.29. The number of fused-ring (bicyclic) bond motifs is 1. The third-order valence-electron chi connectivity index (χ3n) is 4.60. The molecule has 0 saturated carbocycles. The van der Waals surface area contributed by atoms with Crippen LogP contribution in [-0.2, 0) is 39.8 Å². The van der Waals surface area contributed by atoms with E-state index in [2.05, 4.69) is 6.58 Å². The van der Waals surface area contributed by atoms with Crippen LogP contribution in [0.1, 0.15) is 5.56 Å². The Bertz CT molecular complexity index is 770. The topological polar surface area (TPSA) is 98.8 Å². The first-order chi connectivity index (χ1) is 14.9. The summed E-state index contributed by atoms with van der Waals surface area (Å²) in [6, 6.07) is 7.23. The average molecular weight is 477 g/mol. The molecule has 1 aromatic rings. The Morgan fingerprint density at radius 2 is 1.90 bits per heavy atom. The van der Waals surface area contributed by atoms with Gasteiger partial charge in [-0.05, 0) is 17.7 Å². The molecule has 0 unspecified atom stereocenters. The number of carbonyl (C=O) groups is 2. The van der Waals surface area contributed by atoms with E-state index in [4.69, 9.17) is 56.4 Å². The van der Waals surface area contributed by atoms with Crippen molar-refractivity contribution in [1.29, 1.82) is 0 Å². The number of halogens is 2. The molecule has 2 fully saturated rings. The molecule has 2 aliphatic heterocycles. The van der Waals surface area contributed by atoms with Crippen molar-refractivity contribution >= 4 is 35.3 Å². The third kappa shape index (κ3) is 6.02. The Labute approximate surface area is 189 Å². The molecule has 2 saturated heterocycles. The predicted molar refractivity (Wildman–Crippen MR) is 108 cm³/mol. The summed E-state index contributed by atoms with van der Waals surface area (Å²) >= 11 is 11.1. The van der Waals surface area contributed by atoms with Crippen LogP contribution < -0.4 is 4.74 Å². The summed E-state index contributed by atoms with van der Waals surface area (Å²) in [5.41, 5.74) is 0.838. The van der Waals surface area contributed by atoms with Crippen LogP contribution in [0.15, 0.2) is 36.9 Å². The van der Waals surface area contributed by atoms with Crippen LogP contribution in [0.2, 0.25) is 0 Å². The number of alkyl halides is 2. The van der Waals surface area contributed by atoms with Crippen LogP contribution >= 0.6 is 23.2 Å². The second-order valence-corrected chi connectivity index (χ2v) is 7.73. The van der Waals surface area contributed by atoms with E-state index in [1.807, 2.05) is 12.1 Å². The van der Waals surface area contributed by atoms with Crippen LogP contribution in [0, 0.1) is 0 Å². The standard InChI is InChI=1S/C20H22Cl2O9/c1-3-8-26-19-16-15(30-20(24)31-16)14(13(29-19)10-28-18(23)17(21)22)27-9-11-4-6-12(25-2)7-5-11/h3-7,13-17,19H,1,8-10H2,2H3/t13-,14-,15+,16+,19+/m1/s1. The molecule has 5 atom stereocenters. The van der Waals surface area contributed by atoms with E-state index in [0.717, 1.165) is 5.56 Å². The second-order valence-electron chi connectivity index (χ2n) is 6.63. The van der Waals surface area contributed by atoms with Crippen molar-refractivity contribution in [3.8, 4) is 5.75 Å². The van der Waals surface area contributed by atoms with Gasteiger partial charge in [0.05, 0.1) is 20.3 Å². The van der Waals surface area contributed by atoms with Gasteiger partial charge in [-0.25, -0.2) is 9.59 Å². The van der Waals surface area contributed by atoms with Crippen molar-refractivity contribution in [3.05, 3.63) is 42.5 Å². The first-order valence-electron chi connectivity index (χ1n) is 9.37. The maximum absolute atomic E-state index is 11.8. The number of hydrogen-bond acceptors (Lipinski definition) is 9. The van der Waals surface area contributed by atoms with Crippen molar-refractivity contribution in [2.75, 3.05) is 20.3 Å². The zero-order chi connectivity index (χ0) is 22.4.